The van der Waals surface area contributed by atoms with Gasteiger partial charge in [0.25, 0.3) is 0 Å². The molecule has 7 N–H and O–H groups in total. The fourth-order valence-electron chi connectivity index (χ4n) is 8.82. The number of aryl methyl sites for hydroxylation is 1. The second-order valence-corrected chi connectivity index (χ2v) is 23.0. The molecule has 7 aromatic carbocycles. The summed E-state index contributed by atoms with van der Waals surface area (Å²) in [6, 6.07) is 65.2. The van der Waals surface area contributed by atoms with Gasteiger partial charge in [0, 0.05) is 47.3 Å². The van der Waals surface area contributed by atoms with Crippen LogP contribution in [0.5, 0.6) is 0 Å². The average molecular weight is 1300 g/mol. The molecule has 1 amide bonds. The van der Waals surface area contributed by atoms with Crippen molar-refractivity contribution in [2.45, 2.75) is 91.4 Å². The van der Waals surface area contributed by atoms with Gasteiger partial charge >= 0.3 is 19.2 Å². The van der Waals surface area contributed by atoms with E-state index in [-0.39, 0.29) is 17.8 Å². The van der Waals surface area contributed by atoms with E-state index in [1.54, 1.807) is 37.4 Å². The topological polar surface area (TPSA) is 219 Å². The number of aromatic amines is 3. The van der Waals surface area contributed by atoms with Crippen LogP contribution < -0.4 is 10.8 Å². The Morgan fingerprint density at radius 2 is 1.00 bits per heavy atom. The van der Waals surface area contributed by atoms with Crippen molar-refractivity contribution in [2.24, 2.45) is 11.8 Å². The lowest BCUT2D eigenvalue weighted by atomic mass is 9.80. The first-order valence-electron chi connectivity index (χ1n) is 29.2. The quantitative estimate of drug-likeness (QED) is 0.0318. The number of H-pyrrole nitrogens is 3. The maximum Gasteiger partial charge on any atom is 0.488 e. The van der Waals surface area contributed by atoms with Crippen LogP contribution in [0.3, 0.4) is 0 Å². The molecule has 0 saturated heterocycles. The Bertz CT molecular complexity index is 3550. The highest BCUT2D eigenvalue weighted by molar-refractivity contribution is 9.10. The zero-order valence-electron chi connectivity index (χ0n) is 51.2. The van der Waals surface area contributed by atoms with Crippen LogP contribution in [-0.2, 0) is 46.4 Å². The highest BCUT2D eigenvalue weighted by atomic mass is 79.9. The summed E-state index contributed by atoms with van der Waals surface area (Å²) in [5.74, 6) is 2.92. The predicted octanol–water partition coefficient (Wildman–Crippen LogP) is 15.9. The SMILES string of the molecule is COC(=O)Nc1ccc(-c2nc([C@@H](C)Cc3ccccc3)[nH]c2Cl)cc1.C[C@@H](Cc1ccccc1)C(=O)O.C[C@@H](Cc1ccccc1)c1nc(Br)c(Cl)[nH]1.C[C@@H](Cc1ccccc1)c1ncc[nH]1.C[C@H](C=O)Cc1ccccc1.Cc1ccc(B(O)O)cc1. The third kappa shape index (κ3) is 26.5. The van der Waals surface area contributed by atoms with Gasteiger partial charge in [0.15, 0.2) is 0 Å². The molecule has 5 atom stereocenters. The summed E-state index contributed by atoms with van der Waals surface area (Å²) < 4.78 is 5.26. The number of carboxylic acids is 1. The molecule has 0 fully saturated rings. The zero-order valence-corrected chi connectivity index (χ0v) is 54.3. The molecule has 0 aliphatic carbocycles. The third-order valence-corrected chi connectivity index (χ3v) is 15.1. The molecule has 3 aromatic heterocycles. The lowest BCUT2D eigenvalue weighted by molar-refractivity contribution is -0.141. The first kappa shape index (κ1) is 71.4. The number of nitrogens with zero attached hydrogens (tertiary/aromatic N) is 3. The van der Waals surface area contributed by atoms with Gasteiger partial charge in [-0.1, -0.05) is 251 Å². The van der Waals surface area contributed by atoms with Crippen LogP contribution in [0.15, 0.2) is 217 Å². The monoisotopic (exact) mass is 1300 g/mol. The summed E-state index contributed by atoms with van der Waals surface area (Å²) >= 11 is 15.6. The largest absolute Gasteiger partial charge is 0.488 e. The van der Waals surface area contributed by atoms with Gasteiger partial charge in [0.2, 0.25) is 0 Å². The number of rotatable bonds is 18. The van der Waals surface area contributed by atoms with Gasteiger partial charge < -0.3 is 39.6 Å². The minimum absolute atomic E-state index is 0.136. The number of carboxylic acid groups (broad SMARTS) is 1. The number of anilines is 1. The number of methoxy groups -OCH3 is 1. The molecule has 0 unspecified atom stereocenters. The van der Waals surface area contributed by atoms with Gasteiger partial charge in [-0.2, -0.15) is 0 Å². The third-order valence-electron chi connectivity index (χ3n) is 13.8. The molecule has 0 spiro atoms. The molecular weight excluding hydrogens is 1220 g/mol. The second-order valence-electron chi connectivity index (χ2n) is 21.5. The Morgan fingerprint density at radius 3 is 1.38 bits per heavy atom. The van der Waals surface area contributed by atoms with Crippen LogP contribution in [-0.4, -0.2) is 77.6 Å². The molecule has 0 radical (unpaired) electrons. The maximum atomic E-state index is 11.2. The van der Waals surface area contributed by atoms with Gasteiger partial charge in [0.1, 0.15) is 44.4 Å². The van der Waals surface area contributed by atoms with Gasteiger partial charge in [-0.25, -0.2) is 19.7 Å². The van der Waals surface area contributed by atoms with Gasteiger partial charge in [-0.15, -0.1) is 0 Å². The minimum Gasteiger partial charge on any atom is -0.481 e. The molecule has 89 heavy (non-hydrogen) atoms. The van der Waals surface area contributed by atoms with E-state index in [0.717, 1.165) is 66.1 Å². The molecule has 0 saturated carbocycles. The number of aromatic nitrogens is 6. The lowest BCUT2D eigenvalue weighted by Gasteiger charge is -2.08. The van der Waals surface area contributed by atoms with Crippen molar-refractivity contribution in [2.75, 3.05) is 12.4 Å². The Labute approximate surface area is 541 Å². The first-order chi connectivity index (χ1) is 42.8. The molecule has 14 nitrogen and oxygen atoms in total. The van der Waals surface area contributed by atoms with E-state index in [2.05, 4.69) is 125 Å². The molecule has 10 aromatic rings. The predicted molar refractivity (Wildman–Crippen MR) is 364 cm³/mol. The Balaban J connectivity index is 0.000000202. The number of aldehydes is 1. The summed E-state index contributed by atoms with van der Waals surface area (Å²) in [6.07, 6.45) is 8.49. The highest BCUT2D eigenvalue weighted by Gasteiger charge is 2.18. The standard InChI is InChI=1S/C20H20ClN3O2.C12H12BrClN2.C12H14N2.C10H12O2.C10H12O.C7H9BO2/c1-13(12-14-6-4-3-5-7-14)19-23-17(18(21)24-19)15-8-10-16(11-9-15)22-20(25)26-2;1-8(7-9-5-3-2-4-6-9)12-15-10(13)11(14)16-12;1-10(12-13-7-8-14-12)9-11-5-3-2-4-6-11;1-8(10(11)12)7-9-5-3-2-4-6-9;1-9(8-11)7-10-5-3-2-4-6-10;1-6-2-4-7(5-3-6)8(9)10/h3-11,13H,12H2,1-2H3,(H,22,25)(H,23,24);2-6,8H,7H2,1H3,(H,15,16);2-8,10H,9H2,1H3,(H,13,14);2-6,8H,7H2,1H3,(H,11,12);2-6,8-9H,7H2,1H3;2-5,9-10H,1H3/t13-;8-;10-;8-;9-;/m00000./s1. The summed E-state index contributed by atoms with van der Waals surface area (Å²) in [4.78, 5) is 54.7. The number of ether oxygens (including phenoxy) is 1. The van der Waals surface area contributed by atoms with Gasteiger partial charge in [-0.05, 0) is 100 Å². The number of hydrogen-bond donors (Lipinski definition) is 7. The molecule has 18 heteroatoms. The van der Waals surface area contributed by atoms with E-state index >= 15 is 0 Å². The molecule has 0 bridgehead atoms. The summed E-state index contributed by atoms with van der Waals surface area (Å²) in [6.45, 7) is 12.0. The summed E-state index contributed by atoms with van der Waals surface area (Å²) in [5.41, 5.74) is 10.1. The molecular formula is C71H79BBrCl2N7O7. The second kappa shape index (κ2) is 38.8. The number of carbonyl (C=O) groups excluding carboxylic acids is 2. The summed E-state index contributed by atoms with van der Waals surface area (Å²) in [5, 5.41) is 29.7. The minimum atomic E-state index is -1.35. The van der Waals surface area contributed by atoms with Crippen molar-refractivity contribution < 1.29 is 34.3 Å². The normalized spacial score (nSPS) is 12.0. The number of amides is 1. The van der Waals surface area contributed by atoms with Crippen LogP contribution in [0, 0.1) is 18.8 Å². The number of benzene rings is 7. The van der Waals surface area contributed by atoms with Crippen molar-refractivity contribution in [1.29, 1.82) is 0 Å². The van der Waals surface area contributed by atoms with Gasteiger partial charge in [0.05, 0.1) is 13.0 Å². The first-order valence-corrected chi connectivity index (χ1v) is 30.8. The van der Waals surface area contributed by atoms with Gasteiger partial charge in [-0.3, -0.25) is 10.1 Å². The smallest absolute Gasteiger partial charge is 0.481 e. The number of aliphatic carboxylic acids is 1. The van der Waals surface area contributed by atoms with E-state index in [0.29, 0.717) is 50.0 Å². The Kier molecular flexibility index (Phi) is 31.1. The van der Waals surface area contributed by atoms with Crippen LogP contribution in [0.4, 0.5) is 10.5 Å². The number of nitrogens with one attached hydrogen (secondary N) is 4. The Hall–Kier alpha value is -8.38. The number of imidazole rings is 3. The van der Waals surface area contributed by atoms with Crippen molar-refractivity contribution in [3.8, 4) is 11.3 Å². The van der Waals surface area contributed by atoms with Crippen molar-refractivity contribution in [3.05, 3.63) is 278 Å². The van der Waals surface area contributed by atoms with Crippen molar-refractivity contribution in [1.82, 2.24) is 29.9 Å². The van der Waals surface area contributed by atoms with E-state index in [1.165, 1.54) is 29.4 Å². The van der Waals surface area contributed by atoms with Crippen LogP contribution in [0.25, 0.3) is 11.3 Å². The highest BCUT2D eigenvalue weighted by Crippen LogP contribution is 2.30. The maximum absolute atomic E-state index is 11.2. The molecule has 3 heterocycles. The fraction of sp³-hybridized carbons (Fsp3) is 0.239. The molecule has 10 rings (SSSR count). The lowest BCUT2D eigenvalue weighted by Crippen LogP contribution is -2.29. The number of hydrogen-bond acceptors (Lipinski definition) is 9. The van der Waals surface area contributed by atoms with Crippen LogP contribution in [0.1, 0.15) is 103 Å². The van der Waals surface area contributed by atoms with Crippen LogP contribution >= 0.6 is 39.1 Å². The van der Waals surface area contributed by atoms with Crippen molar-refractivity contribution in [3.63, 3.8) is 0 Å². The zero-order chi connectivity index (χ0) is 64.5. The Morgan fingerprint density at radius 1 is 0.584 bits per heavy atom. The van der Waals surface area contributed by atoms with E-state index in [9.17, 15) is 14.4 Å². The molecule has 0 aliphatic rings. The van der Waals surface area contributed by atoms with Crippen LogP contribution in [0.2, 0.25) is 10.3 Å². The number of halogens is 3. The van der Waals surface area contributed by atoms with E-state index in [1.807, 2.05) is 147 Å². The van der Waals surface area contributed by atoms with E-state index < -0.39 is 19.2 Å². The summed E-state index contributed by atoms with van der Waals surface area (Å²) in [7, 11) is -0.0219. The molecule has 0 aliphatic heterocycles. The van der Waals surface area contributed by atoms with E-state index in [4.69, 9.17) is 38.4 Å². The van der Waals surface area contributed by atoms with Crippen molar-refractivity contribution >= 4 is 75.7 Å². The molecule has 464 valence electrons. The average Bonchev–Trinajstić information content (AvgIpc) is 3.82. The number of carbonyl (C=O) groups is 3. The fourth-order valence-corrected chi connectivity index (χ4v) is 9.50.